The number of carbonyl (C=O) groups is 3. The van der Waals surface area contributed by atoms with Gasteiger partial charge >= 0.3 is 5.97 Å². The molecule has 0 saturated carbocycles. The van der Waals surface area contributed by atoms with Crippen molar-refractivity contribution in [3.05, 3.63) is 52.9 Å². The van der Waals surface area contributed by atoms with E-state index in [9.17, 15) is 14.4 Å². The predicted molar refractivity (Wildman–Crippen MR) is 101 cm³/mol. The molecule has 0 aliphatic heterocycles. The number of nitriles is 1. The van der Waals surface area contributed by atoms with Crippen LogP contribution in [0.25, 0.3) is 0 Å². The fourth-order valence-corrected chi connectivity index (χ4v) is 2.95. The second kappa shape index (κ2) is 9.50. The van der Waals surface area contributed by atoms with Crippen LogP contribution in [0.5, 0.6) is 0 Å². The third-order valence-electron chi connectivity index (χ3n) is 3.63. The Kier molecular flexibility index (Phi) is 7.08. The average molecular weight is 385 g/mol. The number of nitrogens with one attached hydrogen (secondary N) is 2. The molecule has 0 radical (unpaired) electrons. The average Bonchev–Trinajstić information content (AvgIpc) is 3.11. The van der Waals surface area contributed by atoms with E-state index in [2.05, 4.69) is 10.6 Å². The minimum Gasteiger partial charge on any atom is -0.454 e. The maximum Gasteiger partial charge on any atom is 0.329 e. The molecule has 0 aliphatic rings. The molecule has 140 valence electrons. The first-order valence-corrected chi connectivity index (χ1v) is 9.10. The molecule has 0 unspecified atom stereocenters. The molecule has 1 atom stereocenters. The highest BCUT2D eigenvalue weighted by Gasteiger charge is 2.26. The lowest BCUT2D eigenvalue weighted by Gasteiger charge is -2.20. The van der Waals surface area contributed by atoms with Crippen LogP contribution in [0.2, 0.25) is 0 Å². The van der Waals surface area contributed by atoms with Crippen molar-refractivity contribution in [1.82, 2.24) is 5.32 Å². The number of carbonyl (C=O) groups excluding carboxylic acids is 3. The normalized spacial score (nSPS) is 11.3. The SMILES string of the molecule is CC(C)[C@H](NC(=O)c1ccccc1)C(=O)OCC(=O)Nc1sccc1C#N. The van der Waals surface area contributed by atoms with Gasteiger partial charge in [-0.3, -0.25) is 9.59 Å². The molecule has 0 saturated heterocycles. The molecule has 0 fully saturated rings. The Hall–Kier alpha value is -3.18. The lowest BCUT2D eigenvalue weighted by atomic mass is 10.0. The number of anilines is 1. The van der Waals surface area contributed by atoms with Crippen LogP contribution in [-0.4, -0.2) is 30.4 Å². The molecule has 2 N–H and O–H groups in total. The largest absolute Gasteiger partial charge is 0.454 e. The topological polar surface area (TPSA) is 108 Å². The van der Waals surface area contributed by atoms with Gasteiger partial charge in [-0.25, -0.2) is 4.79 Å². The van der Waals surface area contributed by atoms with Crippen molar-refractivity contribution < 1.29 is 19.1 Å². The lowest BCUT2D eigenvalue weighted by Crippen LogP contribution is -2.45. The summed E-state index contributed by atoms with van der Waals surface area (Å²) in [4.78, 5) is 36.5. The van der Waals surface area contributed by atoms with Crippen LogP contribution in [0.1, 0.15) is 29.8 Å². The van der Waals surface area contributed by atoms with Crippen molar-refractivity contribution in [2.75, 3.05) is 11.9 Å². The summed E-state index contributed by atoms with van der Waals surface area (Å²) in [5.41, 5.74) is 0.769. The molecule has 0 bridgehead atoms. The van der Waals surface area contributed by atoms with E-state index in [4.69, 9.17) is 10.00 Å². The van der Waals surface area contributed by atoms with Crippen LogP contribution in [0, 0.1) is 17.2 Å². The second-order valence-corrected chi connectivity index (χ2v) is 6.91. The maximum absolute atomic E-state index is 12.3. The Morgan fingerprint density at radius 3 is 2.52 bits per heavy atom. The maximum atomic E-state index is 12.3. The molecule has 27 heavy (non-hydrogen) atoms. The van der Waals surface area contributed by atoms with Crippen molar-refractivity contribution in [2.24, 2.45) is 5.92 Å². The number of hydrogen-bond acceptors (Lipinski definition) is 6. The van der Waals surface area contributed by atoms with Gasteiger partial charge < -0.3 is 15.4 Å². The van der Waals surface area contributed by atoms with Crippen molar-refractivity contribution in [1.29, 1.82) is 5.26 Å². The number of benzene rings is 1. The lowest BCUT2D eigenvalue weighted by molar-refractivity contribution is -0.150. The van der Waals surface area contributed by atoms with E-state index < -0.39 is 30.4 Å². The quantitative estimate of drug-likeness (QED) is 0.712. The van der Waals surface area contributed by atoms with Crippen molar-refractivity contribution in [3.63, 3.8) is 0 Å². The highest BCUT2D eigenvalue weighted by Crippen LogP contribution is 2.21. The van der Waals surface area contributed by atoms with E-state index in [-0.39, 0.29) is 5.92 Å². The second-order valence-electron chi connectivity index (χ2n) is 5.99. The fourth-order valence-electron chi connectivity index (χ4n) is 2.20. The van der Waals surface area contributed by atoms with Gasteiger partial charge in [-0.05, 0) is 29.5 Å². The minimum absolute atomic E-state index is 0.226. The number of esters is 1. The van der Waals surface area contributed by atoms with Crippen LogP contribution >= 0.6 is 11.3 Å². The van der Waals surface area contributed by atoms with Crippen molar-refractivity contribution in [2.45, 2.75) is 19.9 Å². The molecule has 0 spiro atoms. The summed E-state index contributed by atoms with van der Waals surface area (Å²) >= 11 is 1.20. The molecule has 7 nitrogen and oxygen atoms in total. The Balaban J connectivity index is 1.92. The summed E-state index contributed by atoms with van der Waals surface area (Å²) in [5.74, 6) is -1.88. The zero-order chi connectivity index (χ0) is 19.8. The van der Waals surface area contributed by atoms with Crippen molar-refractivity contribution >= 4 is 34.1 Å². The minimum atomic E-state index is -0.887. The smallest absolute Gasteiger partial charge is 0.329 e. The number of hydrogen-bond donors (Lipinski definition) is 2. The van der Waals surface area contributed by atoms with Crippen LogP contribution < -0.4 is 10.6 Å². The van der Waals surface area contributed by atoms with E-state index in [1.807, 2.05) is 6.07 Å². The first-order chi connectivity index (χ1) is 12.9. The molecule has 2 amide bonds. The zero-order valence-corrected chi connectivity index (χ0v) is 15.7. The van der Waals surface area contributed by atoms with Gasteiger partial charge in [-0.1, -0.05) is 32.0 Å². The standard InChI is InChI=1S/C19H19N3O4S/c1-12(2)16(22-17(24)13-6-4-3-5-7-13)19(25)26-11-15(23)21-18-14(10-20)8-9-27-18/h3-9,12,16H,11H2,1-2H3,(H,21,23)(H,22,24)/t16-/m0/s1. The number of ether oxygens (including phenoxy) is 1. The number of nitrogens with zero attached hydrogens (tertiary/aromatic N) is 1. The third kappa shape index (κ3) is 5.66. The third-order valence-corrected chi connectivity index (χ3v) is 4.46. The van der Waals surface area contributed by atoms with Gasteiger partial charge in [0.1, 0.15) is 17.1 Å². The summed E-state index contributed by atoms with van der Waals surface area (Å²) in [7, 11) is 0. The molecule has 1 heterocycles. The van der Waals surface area contributed by atoms with Gasteiger partial charge in [0, 0.05) is 5.56 Å². The number of amides is 2. The van der Waals surface area contributed by atoms with Gasteiger partial charge in [-0.15, -0.1) is 11.3 Å². The molecule has 0 aliphatic carbocycles. The van der Waals surface area contributed by atoms with Crippen LogP contribution in [-0.2, 0) is 14.3 Å². The van der Waals surface area contributed by atoms with E-state index in [0.29, 0.717) is 16.1 Å². The van der Waals surface area contributed by atoms with Crippen LogP contribution in [0.15, 0.2) is 41.8 Å². The monoisotopic (exact) mass is 385 g/mol. The van der Waals surface area contributed by atoms with E-state index in [1.165, 1.54) is 11.3 Å². The summed E-state index contributed by atoms with van der Waals surface area (Å²) in [6.07, 6.45) is 0. The molecule has 8 heteroatoms. The number of rotatable bonds is 7. The molecule has 1 aromatic heterocycles. The summed E-state index contributed by atoms with van der Waals surface area (Å²) in [6, 6.07) is 11.2. The molecular weight excluding hydrogens is 366 g/mol. The van der Waals surface area contributed by atoms with Gasteiger partial charge in [0.15, 0.2) is 6.61 Å². The highest BCUT2D eigenvalue weighted by atomic mass is 32.1. The van der Waals surface area contributed by atoms with Crippen molar-refractivity contribution in [3.8, 4) is 6.07 Å². The van der Waals surface area contributed by atoms with Crippen LogP contribution in [0.3, 0.4) is 0 Å². The fraction of sp³-hybridized carbons (Fsp3) is 0.263. The number of thiophene rings is 1. The van der Waals surface area contributed by atoms with Gasteiger partial charge in [0.2, 0.25) is 0 Å². The van der Waals surface area contributed by atoms with Gasteiger partial charge in [0.25, 0.3) is 11.8 Å². The summed E-state index contributed by atoms with van der Waals surface area (Å²) in [6.45, 7) is 3.02. The molecule has 1 aromatic carbocycles. The Bertz CT molecular complexity index is 855. The van der Waals surface area contributed by atoms with E-state index in [0.717, 1.165) is 0 Å². The van der Waals surface area contributed by atoms with Gasteiger partial charge in [0.05, 0.1) is 5.56 Å². The highest BCUT2D eigenvalue weighted by molar-refractivity contribution is 7.14. The Morgan fingerprint density at radius 1 is 1.19 bits per heavy atom. The van der Waals surface area contributed by atoms with Gasteiger partial charge in [-0.2, -0.15) is 5.26 Å². The summed E-state index contributed by atoms with van der Waals surface area (Å²) < 4.78 is 5.04. The van der Waals surface area contributed by atoms with E-state index in [1.54, 1.807) is 55.6 Å². The molecular formula is C19H19N3O4S. The first-order valence-electron chi connectivity index (χ1n) is 8.22. The van der Waals surface area contributed by atoms with E-state index >= 15 is 0 Å². The van der Waals surface area contributed by atoms with Crippen LogP contribution in [0.4, 0.5) is 5.00 Å². The predicted octanol–water partition coefficient (Wildman–Crippen LogP) is 2.56. The Labute approximate surface area is 161 Å². The molecule has 2 rings (SSSR count). The molecule has 2 aromatic rings. The first kappa shape index (κ1) is 20.1. The summed E-state index contributed by atoms with van der Waals surface area (Å²) in [5, 5.41) is 16.2. The Morgan fingerprint density at radius 2 is 1.89 bits per heavy atom. The zero-order valence-electron chi connectivity index (χ0n) is 14.9.